The average Bonchev–Trinajstić information content (AvgIpc) is 2.61. The summed E-state index contributed by atoms with van der Waals surface area (Å²) in [7, 11) is 0. The predicted molar refractivity (Wildman–Crippen MR) is 106 cm³/mol. The largest absolute Gasteiger partial charge is 0.457 e. The second-order valence-electron chi connectivity index (χ2n) is 6.24. The minimum atomic E-state index is 0.385. The van der Waals surface area contributed by atoms with Crippen LogP contribution in [0.3, 0.4) is 0 Å². The SMILES string of the molecule is Clc1cc(Cl)cc(Oc2ccc(C3CCCN4CCSN=C34)cc2)c1. The van der Waals surface area contributed by atoms with E-state index in [-0.39, 0.29) is 0 Å². The van der Waals surface area contributed by atoms with Crippen LogP contribution in [0.4, 0.5) is 0 Å². The van der Waals surface area contributed by atoms with Crippen molar-refractivity contribution in [3.63, 3.8) is 0 Å². The Morgan fingerprint density at radius 2 is 1.76 bits per heavy atom. The molecular weight excluding hydrogens is 375 g/mol. The van der Waals surface area contributed by atoms with E-state index in [1.165, 1.54) is 17.8 Å². The van der Waals surface area contributed by atoms with Crippen LogP contribution in [0.25, 0.3) is 0 Å². The molecule has 0 spiro atoms. The first-order chi connectivity index (χ1) is 12.2. The molecule has 1 atom stereocenters. The highest BCUT2D eigenvalue weighted by Gasteiger charge is 2.29. The third-order valence-corrected chi connectivity index (χ3v) is 5.64. The van der Waals surface area contributed by atoms with Gasteiger partial charge in [0.2, 0.25) is 0 Å². The van der Waals surface area contributed by atoms with E-state index >= 15 is 0 Å². The Morgan fingerprint density at radius 3 is 2.52 bits per heavy atom. The van der Waals surface area contributed by atoms with Crippen LogP contribution in [0.5, 0.6) is 11.5 Å². The van der Waals surface area contributed by atoms with E-state index in [1.807, 2.05) is 12.1 Å². The van der Waals surface area contributed by atoms with Gasteiger partial charge in [0.15, 0.2) is 0 Å². The second kappa shape index (κ2) is 7.48. The summed E-state index contributed by atoms with van der Waals surface area (Å²) in [6.45, 7) is 2.24. The summed E-state index contributed by atoms with van der Waals surface area (Å²) in [5.41, 5.74) is 1.29. The van der Waals surface area contributed by atoms with E-state index in [2.05, 4.69) is 17.0 Å². The van der Waals surface area contributed by atoms with Gasteiger partial charge in [-0.05, 0) is 60.7 Å². The minimum absolute atomic E-state index is 0.385. The predicted octanol–water partition coefficient (Wildman–Crippen LogP) is 6.03. The molecule has 0 aliphatic carbocycles. The Labute approximate surface area is 162 Å². The monoisotopic (exact) mass is 392 g/mol. The van der Waals surface area contributed by atoms with Gasteiger partial charge in [-0.1, -0.05) is 35.3 Å². The molecule has 1 unspecified atom stereocenters. The van der Waals surface area contributed by atoms with Crippen molar-refractivity contribution in [2.75, 3.05) is 18.8 Å². The molecule has 4 rings (SSSR count). The fourth-order valence-electron chi connectivity index (χ4n) is 3.37. The molecule has 0 bridgehead atoms. The van der Waals surface area contributed by atoms with Crippen LogP contribution in [0.15, 0.2) is 46.9 Å². The summed E-state index contributed by atoms with van der Waals surface area (Å²) < 4.78 is 10.6. The molecule has 2 aromatic rings. The van der Waals surface area contributed by atoms with Crippen molar-refractivity contribution < 1.29 is 4.74 Å². The molecule has 0 aromatic heterocycles. The van der Waals surface area contributed by atoms with Crippen LogP contribution >= 0.6 is 35.1 Å². The lowest BCUT2D eigenvalue weighted by Gasteiger charge is -2.37. The Kier molecular flexibility index (Phi) is 5.11. The molecule has 130 valence electrons. The second-order valence-corrected chi connectivity index (χ2v) is 7.96. The number of nitrogens with zero attached hydrogens (tertiary/aromatic N) is 2. The first kappa shape index (κ1) is 17.1. The standard InChI is InChI=1S/C19H18Cl2N2OS/c20-14-10-15(21)12-17(11-14)24-16-5-3-13(4-6-16)18-2-1-7-23-8-9-25-22-19(18)23/h3-6,10-12,18H,1-2,7-9H2. The van der Waals surface area contributed by atoms with Gasteiger partial charge in [-0.3, -0.25) is 0 Å². The van der Waals surface area contributed by atoms with Crippen molar-refractivity contribution >= 4 is 41.0 Å². The first-order valence-corrected chi connectivity index (χ1v) is 10.1. The number of amidine groups is 1. The molecule has 1 fully saturated rings. The van der Waals surface area contributed by atoms with Gasteiger partial charge in [0.05, 0.1) is 0 Å². The van der Waals surface area contributed by atoms with Crippen LogP contribution in [-0.2, 0) is 0 Å². The van der Waals surface area contributed by atoms with Gasteiger partial charge in [0, 0.05) is 34.8 Å². The minimum Gasteiger partial charge on any atom is -0.457 e. The van der Waals surface area contributed by atoms with Crippen LogP contribution < -0.4 is 4.74 Å². The highest BCUT2D eigenvalue weighted by atomic mass is 35.5. The molecule has 0 radical (unpaired) electrons. The highest BCUT2D eigenvalue weighted by molar-refractivity contribution is 7.98. The van der Waals surface area contributed by atoms with E-state index in [0.29, 0.717) is 21.7 Å². The average molecular weight is 393 g/mol. The molecule has 3 nitrogen and oxygen atoms in total. The molecule has 2 heterocycles. The molecular formula is C19H18Cl2N2OS. The van der Waals surface area contributed by atoms with Crippen molar-refractivity contribution in [2.24, 2.45) is 4.40 Å². The molecule has 2 aliphatic rings. The van der Waals surface area contributed by atoms with Crippen molar-refractivity contribution in [3.05, 3.63) is 58.1 Å². The lowest BCUT2D eigenvalue weighted by molar-refractivity contribution is 0.371. The Hall–Kier alpha value is -1.36. The van der Waals surface area contributed by atoms with Crippen molar-refractivity contribution in [3.8, 4) is 11.5 Å². The summed E-state index contributed by atoms with van der Waals surface area (Å²) in [4.78, 5) is 2.43. The van der Waals surface area contributed by atoms with Crippen molar-refractivity contribution in [1.29, 1.82) is 0 Å². The van der Waals surface area contributed by atoms with Crippen LogP contribution in [0.1, 0.15) is 24.3 Å². The Bertz CT molecular complexity index is 774. The lowest BCUT2D eigenvalue weighted by atomic mass is 9.89. The number of ether oxygens (including phenoxy) is 1. The number of fused-ring (bicyclic) bond motifs is 1. The van der Waals surface area contributed by atoms with Crippen molar-refractivity contribution in [2.45, 2.75) is 18.8 Å². The van der Waals surface area contributed by atoms with E-state index in [0.717, 1.165) is 31.0 Å². The summed E-state index contributed by atoms with van der Waals surface area (Å²) in [6.07, 6.45) is 2.37. The van der Waals surface area contributed by atoms with Gasteiger partial charge in [-0.15, -0.1) is 0 Å². The van der Waals surface area contributed by atoms with Gasteiger partial charge < -0.3 is 9.64 Å². The maximum atomic E-state index is 6.02. The van der Waals surface area contributed by atoms with E-state index < -0.39 is 0 Å². The number of halogens is 2. The molecule has 6 heteroatoms. The topological polar surface area (TPSA) is 24.8 Å². The van der Waals surface area contributed by atoms with Gasteiger partial charge in [0.25, 0.3) is 0 Å². The van der Waals surface area contributed by atoms with Crippen LogP contribution in [-0.4, -0.2) is 29.6 Å². The summed E-state index contributed by atoms with van der Waals surface area (Å²) in [5.74, 6) is 4.12. The van der Waals surface area contributed by atoms with Gasteiger partial charge in [0.1, 0.15) is 17.3 Å². The molecule has 25 heavy (non-hydrogen) atoms. The Morgan fingerprint density at radius 1 is 1.00 bits per heavy atom. The highest BCUT2D eigenvalue weighted by Crippen LogP contribution is 2.34. The zero-order valence-electron chi connectivity index (χ0n) is 13.6. The summed E-state index contributed by atoms with van der Waals surface area (Å²) >= 11 is 13.7. The zero-order valence-corrected chi connectivity index (χ0v) is 15.9. The number of hydrogen-bond acceptors (Lipinski definition) is 4. The number of hydrogen-bond donors (Lipinski definition) is 0. The van der Waals surface area contributed by atoms with Gasteiger partial charge in [-0.2, -0.15) is 0 Å². The maximum absolute atomic E-state index is 6.02. The summed E-state index contributed by atoms with van der Waals surface area (Å²) in [6, 6.07) is 13.5. The summed E-state index contributed by atoms with van der Waals surface area (Å²) in [5, 5.41) is 1.13. The number of piperidine rings is 1. The Balaban J connectivity index is 1.52. The van der Waals surface area contributed by atoms with Crippen LogP contribution in [0, 0.1) is 0 Å². The van der Waals surface area contributed by atoms with E-state index in [4.69, 9.17) is 32.3 Å². The van der Waals surface area contributed by atoms with Crippen molar-refractivity contribution in [1.82, 2.24) is 4.90 Å². The van der Waals surface area contributed by atoms with Gasteiger partial charge in [-0.25, -0.2) is 4.40 Å². The number of benzene rings is 2. The molecule has 2 aliphatic heterocycles. The lowest BCUT2D eigenvalue weighted by Crippen LogP contribution is -2.42. The smallest absolute Gasteiger partial charge is 0.130 e. The number of rotatable bonds is 3. The normalized spacial score (nSPS) is 20.0. The first-order valence-electron chi connectivity index (χ1n) is 8.38. The van der Waals surface area contributed by atoms with Crippen LogP contribution in [0.2, 0.25) is 10.0 Å². The van der Waals surface area contributed by atoms with E-state index in [1.54, 1.807) is 30.1 Å². The third kappa shape index (κ3) is 3.91. The quantitative estimate of drug-likeness (QED) is 0.596. The molecule has 0 amide bonds. The fraction of sp³-hybridized carbons (Fsp3) is 0.316. The molecule has 1 saturated heterocycles. The maximum Gasteiger partial charge on any atom is 0.130 e. The molecule has 0 saturated carbocycles. The molecule has 2 aromatic carbocycles. The fourth-order valence-corrected chi connectivity index (χ4v) is 4.64. The third-order valence-electron chi connectivity index (χ3n) is 4.52. The van der Waals surface area contributed by atoms with Gasteiger partial charge >= 0.3 is 0 Å². The molecule has 0 N–H and O–H groups in total. The van der Waals surface area contributed by atoms with E-state index in [9.17, 15) is 0 Å². The zero-order chi connectivity index (χ0) is 17.2.